The van der Waals surface area contributed by atoms with Crippen LogP contribution in [0.25, 0.3) is 10.9 Å². The second kappa shape index (κ2) is 5.64. The van der Waals surface area contributed by atoms with Crippen molar-refractivity contribution >= 4 is 16.8 Å². The van der Waals surface area contributed by atoms with Gasteiger partial charge in [0.25, 0.3) is 5.91 Å². The van der Waals surface area contributed by atoms with E-state index >= 15 is 0 Å². The van der Waals surface area contributed by atoms with Crippen molar-refractivity contribution in [1.82, 2.24) is 10.4 Å². The summed E-state index contributed by atoms with van der Waals surface area (Å²) in [6.45, 7) is 0.218. The highest BCUT2D eigenvalue weighted by atomic mass is 16.5. The molecule has 1 aromatic carbocycles. The van der Waals surface area contributed by atoms with Gasteiger partial charge in [0.1, 0.15) is 24.4 Å². The molecule has 2 heterocycles. The van der Waals surface area contributed by atoms with E-state index in [0.29, 0.717) is 17.1 Å². The zero-order valence-electron chi connectivity index (χ0n) is 11.1. The van der Waals surface area contributed by atoms with Gasteiger partial charge in [-0.2, -0.15) is 0 Å². The Morgan fingerprint density at radius 1 is 1.33 bits per heavy atom. The normalized spacial score (nSPS) is 10.5. The Balaban J connectivity index is 1.71. The van der Waals surface area contributed by atoms with E-state index in [0.717, 1.165) is 10.9 Å². The average molecular weight is 283 g/mol. The third kappa shape index (κ3) is 2.85. The van der Waals surface area contributed by atoms with E-state index in [1.807, 2.05) is 35.8 Å². The van der Waals surface area contributed by atoms with Crippen LogP contribution in [0.3, 0.4) is 0 Å². The summed E-state index contributed by atoms with van der Waals surface area (Å²) in [5, 5.41) is 1.05. The van der Waals surface area contributed by atoms with Crippen molar-refractivity contribution < 1.29 is 13.9 Å². The molecule has 6 nitrogen and oxygen atoms in total. The minimum absolute atomic E-state index is 0.218. The topological polar surface area (TPSA) is 90.4 Å². The Labute approximate surface area is 120 Å². The van der Waals surface area contributed by atoms with Gasteiger partial charge in [-0.25, -0.2) is 5.84 Å². The van der Waals surface area contributed by atoms with Gasteiger partial charge in [-0.3, -0.25) is 15.2 Å². The van der Waals surface area contributed by atoms with Gasteiger partial charge in [0.15, 0.2) is 0 Å². The fraction of sp³-hybridized carbons (Fsp3) is 0.0667. The summed E-state index contributed by atoms with van der Waals surface area (Å²) in [7, 11) is 0. The number of benzene rings is 1. The van der Waals surface area contributed by atoms with Crippen molar-refractivity contribution in [1.29, 1.82) is 0 Å². The largest absolute Gasteiger partial charge is 0.486 e. The lowest BCUT2D eigenvalue weighted by molar-refractivity contribution is 0.0953. The van der Waals surface area contributed by atoms with Crippen LogP contribution in [0, 0.1) is 0 Å². The van der Waals surface area contributed by atoms with Crippen molar-refractivity contribution in [2.75, 3.05) is 0 Å². The molecule has 0 radical (unpaired) electrons. The van der Waals surface area contributed by atoms with Crippen LogP contribution in [0.4, 0.5) is 0 Å². The molecule has 3 rings (SSSR count). The molecular weight excluding hydrogens is 270 g/mol. The van der Waals surface area contributed by atoms with Gasteiger partial charge < -0.3 is 9.15 Å². The van der Waals surface area contributed by atoms with Crippen molar-refractivity contribution in [3.63, 3.8) is 0 Å². The molecule has 3 aromatic rings. The molecule has 21 heavy (non-hydrogen) atoms. The number of hydrazine groups is 1. The number of furan rings is 1. The summed E-state index contributed by atoms with van der Waals surface area (Å²) >= 11 is 0. The van der Waals surface area contributed by atoms with E-state index in [9.17, 15) is 4.79 Å². The third-order valence-electron chi connectivity index (χ3n) is 3.01. The maximum absolute atomic E-state index is 11.3. The molecule has 3 N–H and O–H groups in total. The second-order valence-electron chi connectivity index (χ2n) is 4.42. The first-order chi connectivity index (χ1) is 10.3. The monoisotopic (exact) mass is 283 g/mol. The van der Waals surface area contributed by atoms with E-state index in [1.165, 1.54) is 6.26 Å². The number of pyridine rings is 1. The quantitative estimate of drug-likeness (QED) is 0.434. The number of aromatic nitrogens is 1. The van der Waals surface area contributed by atoms with E-state index in [2.05, 4.69) is 4.98 Å². The number of hydrogen-bond donors (Lipinski definition) is 2. The average Bonchev–Trinajstić information content (AvgIpc) is 3.01. The first kappa shape index (κ1) is 13.1. The summed E-state index contributed by atoms with van der Waals surface area (Å²) in [5.41, 5.74) is 3.26. The number of rotatable bonds is 4. The highest BCUT2D eigenvalue weighted by Gasteiger charge is 2.09. The molecule has 6 heteroatoms. The minimum Gasteiger partial charge on any atom is -0.486 e. The molecule has 0 spiro atoms. The van der Waals surface area contributed by atoms with Crippen LogP contribution in [0.5, 0.6) is 5.75 Å². The zero-order valence-corrected chi connectivity index (χ0v) is 11.1. The Hall–Kier alpha value is -2.86. The summed E-state index contributed by atoms with van der Waals surface area (Å²) in [6.07, 6.45) is 3.07. The van der Waals surface area contributed by atoms with Crippen molar-refractivity contribution in [3.05, 3.63) is 60.2 Å². The van der Waals surface area contributed by atoms with Crippen LogP contribution in [0.15, 0.2) is 53.3 Å². The Kier molecular flexibility index (Phi) is 3.53. The standard InChI is InChI=1S/C15H13N3O3/c16-18-15(19)11-6-13(20-8-11)9-21-12-4-3-10-2-1-5-17-14(10)7-12/h1-8H,9,16H2,(H,18,19). The van der Waals surface area contributed by atoms with Crippen molar-refractivity contribution in [2.24, 2.45) is 5.84 Å². The number of nitrogens with two attached hydrogens (primary N) is 1. The van der Waals surface area contributed by atoms with E-state index in [4.69, 9.17) is 15.0 Å². The Morgan fingerprint density at radius 3 is 3.10 bits per heavy atom. The van der Waals surface area contributed by atoms with Gasteiger partial charge in [-0.1, -0.05) is 6.07 Å². The van der Waals surface area contributed by atoms with Crippen LogP contribution in [-0.4, -0.2) is 10.9 Å². The first-order valence-electron chi connectivity index (χ1n) is 6.32. The number of fused-ring (bicyclic) bond motifs is 1. The van der Waals surface area contributed by atoms with Crippen LogP contribution in [0.2, 0.25) is 0 Å². The molecule has 2 aromatic heterocycles. The molecule has 0 atom stereocenters. The number of hydrogen-bond acceptors (Lipinski definition) is 5. The van der Waals surface area contributed by atoms with Gasteiger partial charge in [0, 0.05) is 17.6 Å². The molecular formula is C15H13N3O3. The number of carbonyl (C=O) groups is 1. The van der Waals surface area contributed by atoms with Crippen molar-refractivity contribution in [2.45, 2.75) is 6.61 Å². The second-order valence-corrected chi connectivity index (χ2v) is 4.42. The van der Waals surface area contributed by atoms with Crippen LogP contribution < -0.4 is 16.0 Å². The third-order valence-corrected chi connectivity index (χ3v) is 3.01. The predicted molar refractivity (Wildman–Crippen MR) is 76.4 cm³/mol. The number of amides is 1. The minimum atomic E-state index is -0.403. The molecule has 0 saturated heterocycles. The van der Waals surface area contributed by atoms with Crippen LogP contribution in [0.1, 0.15) is 16.1 Å². The summed E-state index contributed by atoms with van der Waals surface area (Å²) in [6, 6.07) is 11.1. The molecule has 106 valence electrons. The summed E-state index contributed by atoms with van der Waals surface area (Å²) in [5.74, 6) is 5.87. The van der Waals surface area contributed by atoms with Crippen molar-refractivity contribution in [3.8, 4) is 5.75 Å². The summed E-state index contributed by atoms with van der Waals surface area (Å²) < 4.78 is 10.9. The smallest absolute Gasteiger partial charge is 0.268 e. The van der Waals surface area contributed by atoms with Gasteiger partial charge in [0.2, 0.25) is 0 Å². The predicted octanol–water partition coefficient (Wildman–Crippen LogP) is 2.01. The molecule has 0 unspecified atom stereocenters. The summed E-state index contributed by atoms with van der Waals surface area (Å²) in [4.78, 5) is 15.6. The van der Waals surface area contributed by atoms with Crippen LogP contribution >= 0.6 is 0 Å². The molecule has 0 bridgehead atoms. The van der Waals surface area contributed by atoms with E-state index in [-0.39, 0.29) is 6.61 Å². The van der Waals surface area contributed by atoms with Gasteiger partial charge in [0.05, 0.1) is 11.1 Å². The van der Waals surface area contributed by atoms with Crippen LogP contribution in [-0.2, 0) is 6.61 Å². The number of ether oxygens (including phenoxy) is 1. The molecule has 0 fully saturated rings. The number of carbonyl (C=O) groups excluding carboxylic acids is 1. The van der Waals surface area contributed by atoms with E-state index in [1.54, 1.807) is 12.3 Å². The molecule has 0 aliphatic rings. The Morgan fingerprint density at radius 2 is 2.24 bits per heavy atom. The van der Waals surface area contributed by atoms with Gasteiger partial charge in [-0.05, 0) is 24.3 Å². The molecule has 1 amide bonds. The number of nitrogens with zero attached hydrogens (tertiary/aromatic N) is 1. The van der Waals surface area contributed by atoms with Gasteiger partial charge in [-0.15, -0.1) is 0 Å². The lowest BCUT2D eigenvalue weighted by Gasteiger charge is -2.05. The first-order valence-corrected chi connectivity index (χ1v) is 6.32. The number of nitrogen functional groups attached to an aromatic ring is 1. The fourth-order valence-corrected chi connectivity index (χ4v) is 1.95. The van der Waals surface area contributed by atoms with E-state index < -0.39 is 5.91 Å². The fourth-order valence-electron chi connectivity index (χ4n) is 1.95. The lowest BCUT2D eigenvalue weighted by Crippen LogP contribution is -2.29. The molecule has 0 aliphatic heterocycles. The van der Waals surface area contributed by atoms with Gasteiger partial charge >= 0.3 is 0 Å². The highest BCUT2D eigenvalue weighted by molar-refractivity contribution is 5.93. The highest BCUT2D eigenvalue weighted by Crippen LogP contribution is 2.20. The lowest BCUT2D eigenvalue weighted by atomic mass is 10.2. The maximum atomic E-state index is 11.3. The molecule has 0 aliphatic carbocycles. The Bertz CT molecular complexity index is 782. The number of nitrogens with one attached hydrogen (secondary N) is 1. The molecule has 0 saturated carbocycles. The SMILES string of the molecule is NNC(=O)c1coc(COc2ccc3cccnc3c2)c1. The maximum Gasteiger partial charge on any atom is 0.268 e. The zero-order chi connectivity index (χ0) is 14.7.